The Bertz CT molecular complexity index is 1230. The highest BCUT2D eigenvalue weighted by atomic mass is 32.1. The summed E-state index contributed by atoms with van der Waals surface area (Å²) in [5, 5.41) is 4.77. The smallest absolute Gasteiger partial charge is 0.258 e. The largest absolute Gasteiger partial charge is 0.494 e. The van der Waals surface area contributed by atoms with E-state index in [0.29, 0.717) is 55.6 Å². The third-order valence-corrected chi connectivity index (χ3v) is 6.83. The fourth-order valence-corrected chi connectivity index (χ4v) is 4.87. The van der Waals surface area contributed by atoms with Gasteiger partial charge >= 0.3 is 0 Å². The number of ether oxygens (including phenoxy) is 1. The first-order valence-electron chi connectivity index (χ1n) is 11.9. The zero-order chi connectivity index (χ0) is 24.9. The minimum Gasteiger partial charge on any atom is -0.494 e. The number of carbonyl (C=O) groups is 2. The van der Waals surface area contributed by atoms with Crippen molar-refractivity contribution in [1.82, 2.24) is 24.5 Å². The third-order valence-electron chi connectivity index (χ3n) is 6.07. The minimum absolute atomic E-state index is 0.0538. The van der Waals surface area contributed by atoms with Gasteiger partial charge in [0.1, 0.15) is 11.8 Å². The number of piperazine rings is 1. The Morgan fingerprint density at radius 3 is 2.51 bits per heavy atom. The molecule has 0 spiro atoms. The number of amides is 2. The summed E-state index contributed by atoms with van der Waals surface area (Å²) in [4.78, 5) is 47.6. The summed E-state index contributed by atoms with van der Waals surface area (Å²) < 4.78 is 6.97. The third kappa shape index (κ3) is 5.88. The highest BCUT2D eigenvalue weighted by Gasteiger charge is 2.31. The van der Waals surface area contributed by atoms with Crippen molar-refractivity contribution in [3.63, 3.8) is 0 Å². The zero-order valence-corrected chi connectivity index (χ0v) is 21.1. The van der Waals surface area contributed by atoms with E-state index in [4.69, 9.17) is 4.74 Å². The average Bonchev–Trinajstić information content (AvgIpc) is 3.32. The van der Waals surface area contributed by atoms with Crippen molar-refractivity contribution in [2.45, 2.75) is 33.4 Å². The van der Waals surface area contributed by atoms with Gasteiger partial charge in [-0.25, -0.2) is 4.98 Å². The number of benzene rings is 1. The molecule has 0 bridgehead atoms. The van der Waals surface area contributed by atoms with E-state index in [-0.39, 0.29) is 23.3 Å². The van der Waals surface area contributed by atoms with Crippen molar-refractivity contribution in [3.05, 3.63) is 63.5 Å². The molecule has 0 saturated carbocycles. The summed E-state index contributed by atoms with van der Waals surface area (Å²) in [5.74, 6) is 0.298. The highest BCUT2D eigenvalue weighted by molar-refractivity contribution is 7.15. The molecule has 1 aliphatic rings. The molecule has 2 amide bonds. The van der Waals surface area contributed by atoms with Crippen LogP contribution in [0.15, 0.2) is 46.7 Å². The zero-order valence-electron chi connectivity index (χ0n) is 20.3. The van der Waals surface area contributed by atoms with E-state index < -0.39 is 6.04 Å². The topological polar surface area (TPSA) is 96.2 Å². The molecule has 0 aliphatic carbocycles. The Morgan fingerprint density at radius 1 is 1.14 bits per heavy atom. The molecule has 1 atom stereocenters. The van der Waals surface area contributed by atoms with Gasteiger partial charge in [0.25, 0.3) is 11.5 Å². The summed E-state index contributed by atoms with van der Waals surface area (Å²) in [6.07, 6.45) is 1.73. The predicted octanol–water partition coefficient (Wildman–Crippen LogP) is 2.25. The van der Waals surface area contributed by atoms with Crippen molar-refractivity contribution < 1.29 is 14.3 Å². The van der Waals surface area contributed by atoms with E-state index in [1.54, 1.807) is 40.9 Å². The van der Waals surface area contributed by atoms with Crippen LogP contribution in [0, 0.1) is 5.92 Å². The lowest BCUT2D eigenvalue weighted by atomic mass is 10.0. The summed E-state index contributed by atoms with van der Waals surface area (Å²) >= 11 is 1.43. The number of fused-ring (bicyclic) bond motifs is 1. The van der Waals surface area contributed by atoms with Crippen LogP contribution < -0.4 is 15.6 Å². The van der Waals surface area contributed by atoms with Crippen molar-refractivity contribution in [2.24, 2.45) is 5.92 Å². The maximum absolute atomic E-state index is 13.3. The first-order valence-corrected chi connectivity index (χ1v) is 12.7. The molecule has 35 heavy (non-hydrogen) atoms. The molecule has 1 saturated heterocycles. The van der Waals surface area contributed by atoms with Gasteiger partial charge in [-0.05, 0) is 37.1 Å². The molecule has 9 nitrogen and oxygen atoms in total. The number of aromatic nitrogens is 2. The van der Waals surface area contributed by atoms with Crippen LogP contribution in [0.5, 0.6) is 5.75 Å². The van der Waals surface area contributed by atoms with Gasteiger partial charge in [-0.15, -0.1) is 11.3 Å². The van der Waals surface area contributed by atoms with Gasteiger partial charge < -0.3 is 15.0 Å². The molecule has 3 aromatic rings. The second kappa shape index (κ2) is 11.0. The fourth-order valence-electron chi connectivity index (χ4n) is 4.13. The van der Waals surface area contributed by atoms with Crippen molar-refractivity contribution in [2.75, 3.05) is 32.8 Å². The van der Waals surface area contributed by atoms with Crippen LogP contribution in [-0.2, 0) is 11.3 Å². The van der Waals surface area contributed by atoms with E-state index in [9.17, 15) is 14.4 Å². The molecule has 1 fully saturated rings. The Morgan fingerprint density at radius 2 is 1.86 bits per heavy atom. The van der Waals surface area contributed by atoms with Crippen LogP contribution in [0.3, 0.4) is 0 Å². The number of hydrogen-bond donors (Lipinski definition) is 1. The fraction of sp³-hybridized carbons (Fsp3) is 0.440. The van der Waals surface area contributed by atoms with Gasteiger partial charge in [0, 0.05) is 55.9 Å². The van der Waals surface area contributed by atoms with Gasteiger partial charge in [0.15, 0.2) is 4.96 Å². The normalized spacial score (nSPS) is 15.4. The Labute approximate surface area is 208 Å². The second-order valence-corrected chi connectivity index (χ2v) is 9.77. The number of thiazole rings is 1. The van der Waals surface area contributed by atoms with Crippen LogP contribution in [0.1, 0.15) is 36.8 Å². The van der Waals surface area contributed by atoms with Crippen molar-refractivity contribution >= 4 is 28.1 Å². The SMILES string of the molecule is CCOc1ccc(C(=O)N[C@H](C(=O)N2CCN(Cc3cc(=O)n4ccsc4n3)CC2)C(C)C)cc1. The Balaban J connectivity index is 1.34. The molecule has 1 aliphatic heterocycles. The van der Waals surface area contributed by atoms with Crippen LogP contribution >= 0.6 is 11.3 Å². The second-order valence-electron chi connectivity index (χ2n) is 8.90. The van der Waals surface area contributed by atoms with Gasteiger partial charge in [-0.1, -0.05) is 13.8 Å². The lowest BCUT2D eigenvalue weighted by Crippen LogP contribution is -2.56. The van der Waals surface area contributed by atoms with Crippen molar-refractivity contribution in [3.8, 4) is 5.75 Å². The monoisotopic (exact) mass is 497 g/mol. The lowest BCUT2D eigenvalue weighted by molar-refractivity contribution is -0.136. The van der Waals surface area contributed by atoms with E-state index in [1.165, 1.54) is 11.3 Å². The molecule has 0 radical (unpaired) electrons. The molecule has 10 heteroatoms. The lowest BCUT2D eigenvalue weighted by Gasteiger charge is -2.37. The van der Waals surface area contributed by atoms with Crippen LogP contribution in [0.4, 0.5) is 0 Å². The van der Waals surface area contributed by atoms with Crippen LogP contribution in [0.25, 0.3) is 4.96 Å². The summed E-state index contributed by atoms with van der Waals surface area (Å²) in [5.41, 5.74) is 1.14. The van der Waals surface area contributed by atoms with Gasteiger partial charge in [0.2, 0.25) is 5.91 Å². The van der Waals surface area contributed by atoms with Gasteiger partial charge in [-0.3, -0.25) is 23.7 Å². The molecular formula is C25H31N5O4S. The van der Waals surface area contributed by atoms with Gasteiger partial charge in [0.05, 0.1) is 12.3 Å². The molecule has 1 N–H and O–H groups in total. The number of nitrogens with one attached hydrogen (secondary N) is 1. The molecule has 3 heterocycles. The maximum atomic E-state index is 13.3. The van der Waals surface area contributed by atoms with E-state index >= 15 is 0 Å². The minimum atomic E-state index is -0.608. The molecule has 0 unspecified atom stereocenters. The standard InChI is InChI=1S/C25H31N5O4S/c1-4-34-20-7-5-18(6-8-20)23(32)27-22(17(2)3)24(33)29-11-9-28(10-12-29)16-19-15-21(31)30-13-14-35-25(30)26-19/h5-8,13-15,17,22H,4,9-12,16H2,1-3H3,(H,27,32)/t22-/m0/s1. The first kappa shape index (κ1) is 24.9. The van der Waals surface area contributed by atoms with E-state index in [2.05, 4.69) is 15.2 Å². The number of hydrogen-bond acceptors (Lipinski definition) is 7. The van der Waals surface area contributed by atoms with Crippen molar-refractivity contribution in [1.29, 1.82) is 0 Å². The molecule has 2 aromatic heterocycles. The number of rotatable bonds is 8. The van der Waals surface area contributed by atoms with Gasteiger partial charge in [-0.2, -0.15) is 0 Å². The molecular weight excluding hydrogens is 466 g/mol. The highest BCUT2D eigenvalue weighted by Crippen LogP contribution is 2.15. The molecule has 4 rings (SSSR count). The Hall–Kier alpha value is -3.24. The van der Waals surface area contributed by atoms with E-state index in [0.717, 1.165) is 5.69 Å². The average molecular weight is 498 g/mol. The quantitative estimate of drug-likeness (QED) is 0.513. The first-order chi connectivity index (χ1) is 16.9. The van der Waals surface area contributed by atoms with E-state index in [1.807, 2.05) is 31.1 Å². The predicted molar refractivity (Wildman–Crippen MR) is 135 cm³/mol. The molecule has 1 aromatic carbocycles. The summed E-state index contributed by atoms with van der Waals surface area (Å²) in [6.45, 7) is 9.35. The van der Waals surface area contributed by atoms with Crippen LogP contribution in [-0.4, -0.2) is 69.8 Å². The maximum Gasteiger partial charge on any atom is 0.258 e. The van der Waals surface area contributed by atoms with Crippen LogP contribution in [0.2, 0.25) is 0 Å². The number of nitrogens with zero attached hydrogens (tertiary/aromatic N) is 4. The summed E-state index contributed by atoms with van der Waals surface area (Å²) in [7, 11) is 0. The molecule has 186 valence electrons. The number of carbonyl (C=O) groups excluding carboxylic acids is 2. The summed E-state index contributed by atoms with van der Waals surface area (Å²) in [6, 6.07) is 7.88. The Kier molecular flexibility index (Phi) is 7.82.